The molecule has 0 bridgehead atoms. The van der Waals surface area contributed by atoms with E-state index in [9.17, 15) is 5.11 Å². The fraction of sp³-hybridized carbons (Fsp3) is 0.684. The van der Waals surface area contributed by atoms with E-state index in [1.165, 1.54) is 37.7 Å². The van der Waals surface area contributed by atoms with Crippen molar-refractivity contribution >= 4 is 0 Å². The smallest absolute Gasteiger partial charge is 0.0908 e. The first-order valence-electron chi connectivity index (χ1n) is 8.31. The van der Waals surface area contributed by atoms with Gasteiger partial charge in [-0.2, -0.15) is 0 Å². The van der Waals surface area contributed by atoms with Gasteiger partial charge in [-0.3, -0.25) is 0 Å². The molecule has 0 aromatic rings. The van der Waals surface area contributed by atoms with Crippen LogP contribution in [0.1, 0.15) is 46.0 Å². The Kier molecular flexibility index (Phi) is 2.64. The molecule has 6 atom stereocenters. The van der Waals surface area contributed by atoms with E-state index in [0.29, 0.717) is 5.41 Å². The monoisotopic (exact) mass is 270 g/mol. The van der Waals surface area contributed by atoms with Gasteiger partial charge in [-0.1, -0.05) is 44.6 Å². The number of aliphatic hydroxyl groups excluding tert-OH is 1. The highest BCUT2D eigenvalue weighted by atomic mass is 16.3. The van der Waals surface area contributed by atoms with Gasteiger partial charge in [-0.15, -0.1) is 0 Å². The molecule has 0 spiro atoms. The van der Waals surface area contributed by atoms with Gasteiger partial charge < -0.3 is 5.11 Å². The van der Waals surface area contributed by atoms with Gasteiger partial charge >= 0.3 is 0 Å². The van der Waals surface area contributed by atoms with Gasteiger partial charge in [-0.05, 0) is 60.5 Å². The average Bonchev–Trinajstić information content (AvgIpc) is 2.81. The Morgan fingerprint density at radius 2 is 1.95 bits per heavy atom. The van der Waals surface area contributed by atoms with Gasteiger partial charge in [0.2, 0.25) is 0 Å². The molecule has 4 aliphatic carbocycles. The molecule has 2 fully saturated rings. The number of fused-ring (bicyclic) bond motifs is 5. The maximum Gasteiger partial charge on any atom is 0.0908 e. The fourth-order valence-corrected chi connectivity index (χ4v) is 5.75. The van der Waals surface area contributed by atoms with E-state index in [4.69, 9.17) is 0 Å². The lowest BCUT2D eigenvalue weighted by Gasteiger charge is -2.54. The summed E-state index contributed by atoms with van der Waals surface area (Å²) in [5.74, 6) is 2.37. The van der Waals surface area contributed by atoms with E-state index >= 15 is 0 Å². The topological polar surface area (TPSA) is 20.2 Å². The minimum absolute atomic E-state index is 0.155. The van der Waals surface area contributed by atoms with Crippen molar-refractivity contribution in [1.29, 1.82) is 0 Å². The molecule has 2 saturated carbocycles. The molecule has 108 valence electrons. The first-order chi connectivity index (χ1) is 9.53. The molecule has 0 aliphatic heterocycles. The first kappa shape index (κ1) is 12.9. The standard InChI is InChI=1S/C19H26O/c1-18-9-3-4-16(18)15-6-5-13-12-14(20)7-11-19(13,2)17(15)8-10-18/h5-7,11-12,14-17,20H,3-4,8-10H2,1-2H3/t14?,15-,16-,17-,18-,19-/m0/s1. The molecule has 1 heteroatoms. The van der Waals surface area contributed by atoms with E-state index in [1.54, 1.807) is 0 Å². The van der Waals surface area contributed by atoms with Crippen molar-refractivity contribution in [1.82, 2.24) is 0 Å². The molecular formula is C19H26O. The second kappa shape index (κ2) is 4.10. The van der Waals surface area contributed by atoms with Crippen LogP contribution in [0.2, 0.25) is 0 Å². The summed E-state index contributed by atoms with van der Waals surface area (Å²) < 4.78 is 0. The van der Waals surface area contributed by atoms with Crippen molar-refractivity contribution in [2.45, 2.75) is 52.1 Å². The summed E-state index contributed by atoms with van der Waals surface area (Å²) in [6, 6.07) is 0. The highest BCUT2D eigenvalue weighted by Gasteiger charge is 2.54. The van der Waals surface area contributed by atoms with Crippen molar-refractivity contribution < 1.29 is 5.11 Å². The SMILES string of the molecule is C[C@@]12CCC[C@H]1[C@@H]1C=CC3=CC(O)C=C[C@]3(C)[C@H]1CC2. The number of hydrogen-bond donors (Lipinski definition) is 1. The van der Waals surface area contributed by atoms with E-state index in [0.717, 1.165) is 17.8 Å². The van der Waals surface area contributed by atoms with Crippen LogP contribution in [0.15, 0.2) is 36.0 Å². The molecular weight excluding hydrogens is 244 g/mol. The van der Waals surface area contributed by atoms with Gasteiger partial charge in [0.25, 0.3) is 0 Å². The van der Waals surface area contributed by atoms with Crippen LogP contribution < -0.4 is 0 Å². The van der Waals surface area contributed by atoms with Crippen LogP contribution in [-0.4, -0.2) is 11.2 Å². The molecule has 20 heavy (non-hydrogen) atoms. The average molecular weight is 270 g/mol. The van der Waals surface area contributed by atoms with Crippen LogP contribution in [0.4, 0.5) is 0 Å². The molecule has 4 rings (SSSR count). The van der Waals surface area contributed by atoms with Crippen LogP contribution in [-0.2, 0) is 0 Å². The molecule has 0 amide bonds. The molecule has 0 aromatic carbocycles. The molecule has 0 saturated heterocycles. The maximum atomic E-state index is 9.85. The van der Waals surface area contributed by atoms with Crippen molar-refractivity contribution in [3.05, 3.63) is 36.0 Å². The molecule has 0 aromatic heterocycles. The van der Waals surface area contributed by atoms with Crippen LogP contribution in [0.3, 0.4) is 0 Å². The van der Waals surface area contributed by atoms with Crippen LogP contribution in [0.25, 0.3) is 0 Å². The van der Waals surface area contributed by atoms with Gasteiger partial charge in [0, 0.05) is 5.41 Å². The summed E-state index contributed by atoms with van der Waals surface area (Å²) in [5, 5.41) is 9.85. The predicted molar refractivity (Wildman–Crippen MR) is 82.1 cm³/mol. The quantitative estimate of drug-likeness (QED) is 0.652. The molecule has 1 unspecified atom stereocenters. The lowest BCUT2D eigenvalue weighted by Crippen LogP contribution is -2.46. The van der Waals surface area contributed by atoms with E-state index in [2.05, 4.69) is 38.2 Å². The zero-order valence-electron chi connectivity index (χ0n) is 12.7. The molecule has 0 radical (unpaired) electrons. The fourth-order valence-electron chi connectivity index (χ4n) is 5.75. The normalized spacial score (nSPS) is 53.0. The second-order valence-electron chi connectivity index (χ2n) is 7.99. The van der Waals surface area contributed by atoms with Crippen molar-refractivity contribution in [3.63, 3.8) is 0 Å². The third kappa shape index (κ3) is 1.59. The lowest BCUT2D eigenvalue weighted by molar-refractivity contribution is 0.0252. The molecule has 1 nitrogen and oxygen atoms in total. The maximum absolute atomic E-state index is 9.85. The van der Waals surface area contributed by atoms with Crippen molar-refractivity contribution in [2.75, 3.05) is 0 Å². The molecule has 0 heterocycles. The summed E-state index contributed by atoms with van der Waals surface area (Å²) in [6.45, 7) is 4.92. The Balaban J connectivity index is 1.76. The van der Waals surface area contributed by atoms with E-state index < -0.39 is 0 Å². The zero-order valence-corrected chi connectivity index (χ0v) is 12.7. The Bertz CT molecular complexity index is 514. The summed E-state index contributed by atoms with van der Waals surface area (Å²) in [6.07, 6.45) is 17.8. The van der Waals surface area contributed by atoms with Crippen LogP contribution in [0, 0.1) is 28.6 Å². The minimum atomic E-state index is -0.389. The third-order valence-corrected chi connectivity index (χ3v) is 6.99. The van der Waals surface area contributed by atoms with E-state index in [1.807, 2.05) is 6.08 Å². The van der Waals surface area contributed by atoms with E-state index in [-0.39, 0.29) is 11.5 Å². The van der Waals surface area contributed by atoms with Gasteiger partial charge in [0.05, 0.1) is 6.10 Å². The second-order valence-corrected chi connectivity index (χ2v) is 7.99. The number of aliphatic hydroxyl groups is 1. The first-order valence-corrected chi connectivity index (χ1v) is 8.31. The minimum Gasteiger partial charge on any atom is -0.385 e. The Morgan fingerprint density at radius 1 is 1.10 bits per heavy atom. The van der Waals surface area contributed by atoms with Crippen molar-refractivity contribution in [2.24, 2.45) is 28.6 Å². The predicted octanol–water partition coefficient (Wildman–Crippen LogP) is 4.25. The number of hydrogen-bond acceptors (Lipinski definition) is 1. The third-order valence-electron chi connectivity index (χ3n) is 6.99. The summed E-state index contributed by atoms with van der Waals surface area (Å²) in [7, 11) is 0. The number of rotatable bonds is 0. The Morgan fingerprint density at radius 3 is 2.80 bits per heavy atom. The van der Waals surface area contributed by atoms with Crippen molar-refractivity contribution in [3.8, 4) is 0 Å². The Hall–Kier alpha value is -0.820. The van der Waals surface area contributed by atoms with Crippen LogP contribution >= 0.6 is 0 Å². The molecule has 1 N–H and O–H groups in total. The van der Waals surface area contributed by atoms with Gasteiger partial charge in [0.1, 0.15) is 0 Å². The highest BCUT2D eigenvalue weighted by Crippen LogP contribution is 2.62. The lowest BCUT2D eigenvalue weighted by atomic mass is 9.50. The van der Waals surface area contributed by atoms with Gasteiger partial charge in [-0.25, -0.2) is 0 Å². The summed E-state index contributed by atoms with van der Waals surface area (Å²) >= 11 is 0. The summed E-state index contributed by atoms with van der Waals surface area (Å²) in [5.41, 5.74) is 2.10. The van der Waals surface area contributed by atoms with Crippen LogP contribution in [0.5, 0.6) is 0 Å². The number of allylic oxidation sites excluding steroid dienone is 4. The zero-order chi connectivity index (χ0) is 14.0. The molecule has 4 aliphatic rings. The van der Waals surface area contributed by atoms with Gasteiger partial charge in [0.15, 0.2) is 0 Å². The summed E-state index contributed by atoms with van der Waals surface area (Å²) in [4.78, 5) is 0. The largest absolute Gasteiger partial charge is 0.385 e. The Labute approximate surface area is 122 Å². The highest BCUT2D eigenvalue weighted by molar-refractivity contribution is 5.41.